The van der Waals surface area contributed by atoms with Crippen LogP contribution in [0.4, 0.5) is 11.4 Å². The Kier molecular flexibility index (Phi) is 18.5. The number of sulfonamides is 4. The van der Waals surface area contributed by atoms with Crippen molar-refractivity contribution in [1.29, 1.82) is 0 Å². The minimum atomic E-state index is -3.83. The van der Waals surface area contributed by atoms with E-state index >= 15 is 0 Å². The second-order valence-corrected chi connectivity index (χ2v) is 33.9. The van der Waals surface area contributed by atoms with E-state index in [2.05, 4.69) is 53.0 Å². The lowest BCUT2D eigenvalue weighted by atomic mass is 9.67. The van der Waals surface area contributed by atoms with Crippen LogP contribution < -0.4 is 38.2 Å². The molecule has 4 aromatic carbocycles. The number of aryl methyl sites for hydroxylation is 2. The van der Waals surface area contributed by atoms with Gasteiger partial charge in [0.25, 0.3) is 11.8 Å². The van der Waals surface area contributed by atoms with Gasteiger partial charge >= 0.3 is 0 Å². The summed E-state index contributed by atoms with van der Waals surface area (Å²) in [6.45, 7) is 3.61. The van der Waals surface area contributed by atoms with Gasteiger partial charge in [-0.3, -0.25) is 9.59 Å². The van der Waals surface area contributed by atoms with Crippen LogP contribution in [-0.4, -0.2) is 121 Å². The van der Waals surface area contributed by atoms with E-state index in [1.165, 1.54) is 34.8 Å². The molecule has 2 spiro atoms. The fourth-order valence-electron chi connectivity index (χ4n) is 15.2. The Bertz CT molecular complexity index is 3470. The normalized spacial score (nSPS) is 29.3. The highest BCUT2D eigenvalue weighted by atomic mass is 35.5. The zero-order valence-electron chi connectivity index (χ0n) is 49.0. The monoisotopic (exact) mass is 1300 g/mol. The van der Waals surface area contributed by atoms with Crippen molar-refractivity contribution in [3.05, 3.63) is 116 Å². The van der Waals surface area contributed by atoms with Gasteiger partial charge in [-0.1, -0.05) is 61.0 Å². The van der Waals surface area contributed by atoms with Gasteiger partial charge in [0.15, 0.2) is 0 Å². The van der Waals surface area contributed by atoms with E-state index in [4.69, 9.17) is 32.7 Å². The molecule has 0 aromatic heterocycles. The second-order valence-electron chi connectivity index (χ2n) is 25.8. The molecule has 468 valence electrons. The van der Waals surface area contributed by atoms with Gasteiger partial charge in [0.05, 0.1) is 48.6 Å². The van der Waals surface area contributed by atoms with Crippen LogP contribution in [0.1, 0.15) is 146 Å². The number of halogens is 2. The maximum atomic E-state index is 13.2. The van der Waals surface area contributed by atoms with Gasteiger partial charge < -0.3 is 19.3 Å². The van der Waals surface area contributed by atoms with Crippen LogP contribution in [0.5, 0.6) is 11.5 Å². The fraction of sp³-hybridized carbons (Fsp3) is 0.581. The second kappa shape index (κ2) is 25.3. The van der Waals surface area contributed by atoms with Crippen LogP contribution in [0.25, 0.3) is 0 Å². The van der Waals surface area contributed by atoms with Crippen molar-refractivity contribution in [1.82, 2.24) is 18.9 Å². The Morgan fingerprint density at radius 2 is 0.953 bits per heavy atom. The number of anilines is 2. The third-order valence-electron chi connectivity index (χ3n) is 19.6. The third-order valence-corrected chi connectivity index (χ3v) is 24.2. The average Bonchev–Trinajstić information content (AvgIpc) is 1.54. The highest BCUT2D eigenvalue weighted by Crippen LogP contribution is 2.50. The number of ether oxygens (including phenoxy) is 2. The summed E-state index contributed by atoms with van der Waals surface area (Å²) in [7, 11) is -14.5. The predicted octanol–water partition coefficient (Wildman–Crippen LogP) is 8.78. The molecule has 86 heavy (non-hydrogen) atoms. The minimum absolute atomic E-state index is 0.166. The Morgan fingerprint density at radius 1 is 0.535 bits per heavy atom. The summed E-state index contributed by atoms with van der Waals surface area (Å²) in [5.74, 6) is 0.513. The first kappa shape index (κ1) is 62.9. The standard InChI is InChI=1S/2C31H40ClN3O6S2/c2*1-42(37,38)33-27-7-3-2-4-15-43(39,40)34-30(36)22-9-13-29-28(17-22)35(18-23-8-11-25(23)27)19-31(20-41-29)14-5-6-21-16-24(32)10-12-26(21)31/h2*9-10,12-13,16-17,23,25,27,33H,2-8,11,14-15,18-20H2,1H3,(H,34,36)/t23-,25+,27+,31-;23-,25+,27-,31-/m00/s1. The molecule has 0 radical (unpaired) electrons. The van der Waals surface area contributed by atoms with Gasteiger partial charge in [-0.2, -0.15) is 0 Å². The summed E-state index contributed by atoms with van der Waals surface area (Å²) in [5.41, 5.74) is 6.36. The topological polar surface area (TPSA) is 244 Å². The molecule has 2 fully saturated rings. The summed E-state index contributed by atoms with van der Waals surface area (Å²) in [5, 5.41) is 1.43. The Morgan fingerprint density at radius 3 is 1.34 bits per heavy atom. The quantitative estimate of drug-likeness (QED) is 0.149. The molecular weight excluding hydrogens is 1220 g/mol. The van der Waals surface area contributed by atoms with Crippen LogP contribution in [0.15, 0.2) is 72.8 Å². The molecule has 8 atom stereocenters. The van der Waals surface area contributed by atoms with Crippen molar-refractivity contribution < 1.29 is 52.7 Å². The van der Waals surface area contributed by atoms with Gasteiger partial charge in [-0.05, 0) is 196 Å². The summed E-state index contributed by atoms with van der Waals surface area (Å²) in [6.07, 6.45) is 16.7. The lowest BCUT2D eigenvalue weighted by Gasteiger charge is -2.46. The van der Waals surface area contributed by atoms with Gasteiger partial charge in [0, 0.05) is 70.3 Å². The smallest absolute Gasteiger partial charge is 0.264 e. The van der Waals surface area contributed by atoms with Crippen LogP contribution >= 0.6 is 23.2 Å². The molecule has 2 saturated carbocycles. The first-order valence-electron chi connectivity index (χ1n) is 30.5. The Labute approximate surface area is 517 Å². The van der Waals surface area contributed by atoms with Crippen molar-refractivity contribution in [2.45, 2.75) is 138 Å². The third kappa shape index (κ3) is 14.5. The number of rotatable bonds is 4. The highest BCUT2D eigenvalue weighted by Gasteiger charge is 2.47. The van der Waals surface area contributed by atoms with E-state index in [9.17, 15) is 43.3 Å². The SMILES string of the molecule is CS(=O)(=O)N[C@@H]1CCCCCS(=O)(=O)NC(=O)c2ccc3c(c2)N(C[C@@H]2CC[C@H]21)C[C@@]1(CCCc2cc(Cl)ccc21)CO3.CS(=O)(=O)N[C@H]1CCCCCS(=O)(=O)NC(=O)c2ccc3c(c2)N(C[C@@H]2CC[C@H]21)C[C@@]1(CCCc2cc(Cl)ccc21)CO3. The van der Waals surface area contributed by atoms with E-state index in [0.717, 1.165) is 75.6 Å². The molecule has 18 nitrogen and oxygen atoms in total. The number of nitrogens with zero attached hydrogens (tertiary/aromatic N) is 2. The van der Waals surface area contributed by atoms with E-state index in [1.54, 1.807) is 36.4 Å². The van der Waals surface area contributed by atoms with Crippen LogP contribution in [0.3, 0.4) is 0 Å². The van der Waals surface area contributed by atoms with Gasteiger partial charge in [-0.15, -0.1) is 0 Å². The fourth-order valence-corrected chi connectivity index (χ4v) is 19.5. The molecular formula is C62H80Cl2N6O12S4. The number of hydrogen-bond donors (Lipinski definition) is 4. The molecule has 0 unspecified atom stereocenters. The van der Waals surface area contributed by atoms with Crippen LogP contribution in [0, 0.1) is 23.7 Å². The first-order valence-corrected chi connectivity index (χ1v) is 38.3. The number of hydrogen-bond acceptors (Lipinski definition) is 14. The largest absolute Gasteiger partial charge is 0.490 e. The Balaban J connectivity index is 0.000000179. The molecule has 4 aromatic rings. The summed E-state index contributed by atoms with van der Waals surface area (Å²) in [6, 6.07) is 22.1. The van der Waals surface area contributed by atoms with Crippen LogP contribution in [0.2, 0.25) is 10.0 Å². The number of carbonyl (C=O) groups is 2. The number of benzene rings is 4. The summed E-state index contributed by atoms with van der Waals surface area (Å²) in [4.78, 5) is 30.9. The van der Waals surface area contributed by atoms with Crippen molar-refractivity contribution in [3.63, 3.8) is 0 Å². The molecule has 4 aliphatic carbocycles. The molecule has 8 aliphatic rings. The van der Waals surface area contributed by atoms with E-state index in [-0.39, 0.29) is 69.2 Å². The summed E-state index contributed by atoms with van der Waals surface area (Å²) < 4.78 is 124. The van der Waals surface area contributed by atoms with Gasteiger partial charge in [0.2, 0.25) is 40.1 Å². The molecule has 12 rings (SSSR count). The summed E-state index contributed by atoms with van der Waals surface area (Å²) >= 11 is 12.8. The molecule has 4 bridgehead atoms. The maximum Gasteiger partial charge on any atom is 0.264 e. The molecule has 24 heteroatoms. The van der Waals surface area contributed by atoms with E-state index in [0.29, 0.717) is 112 Å². The van der Waals surface area contributed by atoms with Crippen molar-refractivity contribution in [3.8, 4) is 11.5 Å². The van der Waals surface area contributed by atoms with Crippen molar-refractivity contribution in [2.24, 2.45) is 23.7 Å². The van der Waals surface area contributed by atoms with E-state index < -0.39 is 51.9 Å². The Hall–Kier alpha value is -4.68. The maximum absolute atomic E-state index is 13.2. The molecule has 2 amide bonds. The molecule has 0 saturated heterocycles. The lowest BCUT2D eigenvalue weighted by molar-refractivity contribution is 0.0972. The zero-order valence-corrected chi connectivity index (χ0v) is 53.7. The lowest BCUT2D eigenvalue weighted by Crippen LogP contribution is -2.52. The molecule has 4 N–H and O–H groups in total. The number of fused-ring (bicyclic) bond motifs is 8. The highest BCUT2D eigenvalue weighted by molar-refractivity contribution is 7.90. The van der Waals surface area contributed by atoms with Gasteiger partial charge in [0.1, 0.15) is 11.5 Å². The average molecular weight is 1300 g/mol. The van der Waals surface area contributed by atoms with Crippen LogP contribution in [-0.2, 0) is 63.8 Å². The molecule has 4 aliphatic heterocycles. The number of nitrogens with one attached hydrogen (secondary N) is 4. The predicted molar refractivity (Wildman–Crippen MR) is 336 cm³/mol. The van der Waals surface area contributed by atoms with Crippen molar-refractivity contribution >= 4 is 86.5 Å². The number of amides is 2. The zero-order chi connectivity index (χ0) is 60.8. The van der Waals surface area contributed by atoms with E-state index in [1.807, 2.05) is 12.1 Å². The first-order chi connectivity index (χ1) is 40.8. The number of carbonyl (C=O) groups excluding carboxylic acids is 2. The van der Waals surface area contributed by atoms with Gasteiger partial charge in [-0.25, -0.2) is 52.6 Å². The minimum Gasteiger partial charge on any atom is -0.490 e. The van der Waals surface area contributed by atoms with Crippen molar-refractivity contribution in [2.75, 3.05) is 73.2 Å². The molecule has 4 heterocycles.